The lowest BCUT2D eigenvalue weighted by Crippen LogP contribution is -2.36. The molecule has 2 aromatic rings. The number of imidazole rings is 1. The molecule has 0 saturated carbocycles. The molecule has 1 atom stereocenters. The Balaban J connectivity index is 2.19. The highest BCUT2D eigenvalue weighted by Crippen LogP contribution is 2.27. The number of benzene rings is 1. The first kappa shape index (κ1) is 13.6. The molecule has 1 aliphatic heterocycles. The van der Waals surface area contributed by atoms with Crippen molar-refractivity contribution in [1.82, 2.24) is 14.9 Å². The molecule has 21 heavy (non-hydrogen) atoms. The minimum atomic E-state index is -1.12. The minimum absolute atomic E-state index is 0.0224. The van der Waals surface area contributed by atoms with Gasteiger partial charge >= 0.3 is 11.7 Å². The summed E-state index contributed by atoms with van der Waals surface area (Å²) in [5, 5.41) is 12.6. The van der Waals surface area contributed by atoms with Crippen LogP contribution in [0, 0.1) is 0 Å². The Kier molecular flexibility index (Phi) is 3.62. The molecule has 6 nitrogen and oxygen atoms in total. The molecule has 6 heteroatoms. The highest BCUT2D eigenvalue weighted by molar-refractivity contribution is 5.93. The van der Waals surface area contributed by atoms with Crippen molar-refractivity contribution in [2.45, 2.75) is 18.9 Å². The number of nitrogens with one attached hydrogen (secondary N) is 2. The van der Waals surface area contributed by atoms with E-state index < -0.39 is 5.97 Å². The average Bonchev–Trinajstić information content (AvgIpc) is 2.87. The van der Waals surface area contributed by atoms with Crippen LogP contribution in [0.4, 0.5) is 0 Å². The quantitative estimate of drug-likeness (QED) is 0.797. The molecule has 0 radical (unpaired) electrons. The third-order valence-electron chi connectivity index (χ3n) is 3.83. The number of H-pyrrole nitrogens is 1. The molecule has 3 N–H and O–H groups in total. The van der Waals surface area contributed by atoms with Gasteiger partial charge in [0.2, 0.25) is 0 Å². The molecule has 1 aromatic heterocycles. The summed E-state index contributed by atoms with van der Waals surface area (Å²) in [7, 11) is 0. The molecule has 1 aromatic carbocycles. The largest absolute Gasteiger partial charge is 0.477 e. The normalized spacial score (nSPS) is 18.6. The van der Waals surface area contributed by atoms with Gasteiger partial charge in [-0.1, -0.05) is 30.3 Å². The maximum absolute atomic E-state index is 12.3. The van der Waals surface area contributed by atoms with Crippen LogP contribution < -0.4 is 11.0 Å². The van der Waals surface area contributed by atoms with Crippen LogP contribution in [0.1, 0.15) is 29.4 Å². The van der Waals surface area contributed by atoms with Gasteiger partial charge in [-0.15, -0.1) is 0 Å². The Bertz CT molecular complexity index is 697. The van der Waals surface area contributed by atoms with Crippen molar-refractivity contribution in [3.05, 3.63) is 46.5 Å². The minimum Gasteiger partial charge on any atom is -0.477 e. The molecule has 0 bridgehead atoms. The van der Waals surface area contributed by atoms with Crippen molar-refractivity contribution in [3.8, 4) is 11.3 Å². The Morgan fingerprint density at radius 2 is 2.05 bits per heavy atom. The molecular formula is C15H17N3O3. The third-order valence-corrected chi connectivity index (χ3v) is 3.83. The van der Waals surface area contributed by atoms with Crippen molar-refractivity contribution in [2.24, 2.45) is 0 Å². The number of piperidine rings is 1. The number of hydrogen-bond donors (Lipinski definition) is 3. The second-order valence-electron chi connectivity index (χ2n) is 5.20. The second-order valence-corrected chi connectivity index (χ2v) is 5.20. The zero-order chi connectivity index (χ0) is 14.8. The van der Waals surface area contributed by atoms with E-state index >= 15 is 0 Å². The highest BCUT2D eigenvalue weighted by Gasteiger charge is 2.26. The summed E-state index contributed by atoms with van der Waals surface area (Å²) in [4.78, 5) is 26.2. The number of hydrogen-bond acceptors (Lipinski definition) is 3. The molecule has 1 saturated heterocycles. The number of nitrogens with zero attached hydrogens (tertiary/aromatic N) is 1. The van der Waals surface area contributed by atoms with Gasteiger partial charge in [0.25, 0.3) is 0 Å². The highest BCUT2D eigenvalue weighted by atomic mass is 16.4. The maximum atomic E-state index is 12.3. The van der Waals surface area contributed by atoms with Gasteiger partial charge in [-0.3, -0.25) is 9.55 Å². The molecule has 0 amide bonds. The summed E-state index contributed by atoms with van der Waals surface area (Å²) in [6.07, 6.45) is 1.84. The first-order valence-electron chi connectivity index (χ1n) is 7.02. The van der Waals surface area contributed by atoms with Gasteiger partial charge in [0, 0.05) is 12.1 Å². The fraction of sp³-hybridized carbons (Fsp3) is 0.333. The Hall–Kier alpha value is -2.34. The van der Waals surface area contributed by atoms with Crippen LogP contribution in [-0.2, 0) is 0 Å². The molecule has 110 valence electrons. The van der Waals surface area contributed by atoms with Crippen LogP contribution in [-0.4, -0.2) is 33.7 Å². The predicted octanol–water partition coefficient (Wildman–Crippen LogP) is 1.47. The van der Waals surface area contributed by atoms with E-state index in [1.165, 1.54) is 0 Å². The van der Waals surface area contributed by atoms with E-state index in [1.54, 1.807) is 4.57 Å². The lowest BCUT2D eigenvalue weighted by atomic mass is 10.0. The number of aromatic amines is 1. The number of aromatic carboxylic acids is 1. The fourth-order valence-electron chi connectivity index (χ4n) is 2.88. The van der Waals surface area contributed by atoms with Gasteiger partial charge in [0.1, 0.15) is 0 Å². The first-order valence-corrected chi connectivity index (χ1v) is 7.02. The van der Waals surface area contributed by atoms with Gasteiger partial charge < -0.3 is 10.4 Å². The SMILES string of the molecule is O=C(O)c1[nH]c(=O)n(C2CCCNC2)c1-c1ccccc1. The number of carboxylic acids is 1. The van der Waals surface area contributed by atoms with Crippen LogP contribution in [0.15, 0.2) is 35.1 Å². The van der Waals surface area contributed by atoms with Crippen molar-refractivity contribution in [1.29, 1.82) is 0 Å². The number of aromatic nitrogens is 2. The van der Waals surface area contributed by atoms with Gasteiger partial charge in [-0.2, -0.15) is 0 Å². The van der Waals surface area contributed by atoms with Crippen LogP contribution in [0.5, 0.6) is 0 Å². The van der Waals surface area contributed by atoms with Crippen molar-refractivity contribution in [2.75, 3.05) is 13.1 Å². The Labute approximate surface area is 121 Å². The topological polar surface area (TPSA) is 87.1 Å². The summed E-state index contributed by atoms with van der Waals surface area (Å²) < 4.78 is 1.59. The summed E-state index contributed by atoms with van der Waals surface area (Å²) in [5.41, 5.74) is 0.789. The summed E-state index contributed by atoms with van der Waals surface area (Å²) in [5.74, 6) is -1.12. The van der Waals surface area contributed by atoms with Crippen LogP contribution in [0.25, 0.3) is 11.3 Å². The van der Waals surface area contributed by atoms with Crippen LogP contribution in [0.2, 0.25) is 0 Å². The zero-order valence-corrected chi connectivity index (χ0v) is 11.5. The van der Waals surface area contributed by atoms with E-state index in [9.17, 15) is 14.7 Å². The zero-order valence-electron chi connectivity index (χ0n) is 11.5. The first-order chi connectivity index (χ1) is 10.2. The van der Waals surface area contributed by atoms with Crippen LogP contribution >= 0.6 is 0 Å². The molecule has 2 heterocycles. The molecule has 3 rings (SSSR count). The van der Waals surface area contributed by atoms with E-state index in [4.69, 9.17) is 0 Å². The number of carboxylic acid groups (broad SMARTS) is 1. The molecule has 1 aliphatic rings. The molecule has 1 unspecified atom stereocenters. The van der Waals surface area contributed by atoms with Gasteiger partial charge in [0.05, 0.1) is 11.7 Å². The number of rotatable bonds is 3. The van der Waals surface area contributed by atoms with E-state index in [-0.39, 0.29) is 17.4 Å². The standard InChI is InChI=1S/C15H17N3O3/c19-14(20)12-13(10-5-2-1-3-6-10)18(15(21)17-12)11-7-4-8-16-9-11/h1-3,5-6,11,16H,4,7-9H2,(H,17,21)(H,19,20). The molecule has 1 fully saturated rings. The Morgan fingerprint density at radius 1 is 1.29 bits per heavy atom. The van der Waals surface area contributed by atoms with Gasteiger partial charge in [-0.05, 0) is 19.4 Å². The third kappa shape index (κ3) is 2.50. The van der Waals surface area contributed by atoms with E-state index in [0.717, 1.165) is 24.9 Å². The second kappa shape index (κ2) is 5.57. The van der Waals surface area contributed by atoms with Crippen molar-refractivity contribution < 1.29 is 9.90 Å². The van der Waals surface area contributed by atoms with Crippen molar-refractivity contribution in [3.63, 3.8) is 0 Å². The Morgan fingerprint density at radius 3 is 2.67 bits per heavy atom. The fourth-order valence-corrected chi connectivity index (χ4v) is 2.88. The molecule has 0 aliphatic carbocycles. The molecule has 0 spiro atoms. The smallest absolute Gasteiger partial charge is 0.354 e. The van der Waals surface area contributed by atoms with E-state index in [2.05, 4.69) is 10.3 Å². The lowest BCUT2D eigenvalue weighted by Gasteiger charge is -2.25. The number of carbonyl (C=O) groups is 1. The summed E-state index contributed by atoms with van der Waals surface area (Å²) in [6.45, 7) is 1.61. The lowest BCUT2D eigenvalue weighted by molar-refractivity contribution is 0.0691. The summed E-state index contributed by atoms with van der Waals surface area (Å²) in [6, 6.07) is 9.15. The maximum Gasteiger partial charge on any atom is 0.354 e. The average molecular weight is 287 g/mol. The van der Waals surface area contributed by atoms with Crippen LogP contribution in [0.3, 0.4) is 0 Å². The van der Waals surface area contributed by atoms with Gasteiger partial charge in [-0.25, -0.2) is 9.59 Å². The van der Waals surface area contributed by atoms with E-state index in [1.807, 2.05) is 30.3 Å². The predicted molar refractivity (Wildman–Crippen MR) is 78.6 cm³/mol. The van der Waals surface area contributed by atoms with Gasteiger partial charge in [0.15, 0.2) is 5.69 Å². The van der Waals surface area contributed by atoms with Crippen molar-refractivity contribution >= 4 is 5.97 Å². The molecular weight excluding hydrogens is 270 g/mol. The monoisotopic (exact) mass is 287 g/mol. The van der Waals surface area contributed by atoms with E-state index in [0.29, 0.717) is 12.2 Å². The summed E-state index contributed by atoms with van der Waals surface area (Å²) >= 11 is 0.